The Bertz CT molecular complexity index is 3610. The van der Waals surface area contributed by atoms with Gasteiger partial charge in [0.25, 0.3) is 34.6 Å². The molecule has 0 aliphatic carbocycles. The summed E-state index contributed by atoms with van der Waals surface area (Å²) in [6.07, 6.45) is -9.04. The Kier molecular flexibility index (Phi) is 17.2. The number of benzene rings is 3. The zero-order chi connectivity index (χ0) is 56.2. The third-order valence-corrected chi connectivity index (χ3v) is 9.95. The number of aromatic nitrogens is 9. The van der Waals surface area contributed by atoms with Crippen LogP contribution in [0.25, 0.3) is 34.6 Å². The van der Waals surface area contributed by atoms with Gasteiger partial charge >= 0.3 is 18.5 Å². The van der Waals surface area contributed by atoms with Crippen molar-refractivity contribution in [2.75, 3.05) is 21.3 Å². The average Bonchev–Trinajstić information content (AvgIpc) is 3.42. The highest BCUT2D eigenvalue weighted by Gasteiger charge is 2.33. The molecule has 0 aliphatic heterocycles. The lowest BCUT2D eigenvalue weighted by molar-refractivity contribution is -0.138. The minimum Gasteiger partial charge on any atom is -0.499 e. The van der Waals surface area contributed by atoms with Gasteiger partial charge in [-0.05, 0) is 91.0 Å². The van der Waals surface area contributed by atoms with Crippen molar-refractivity contribution >= 4 is 0 Å². The normalized spacial score (nSPS) is 11.2. The van der Waals surface area contributed by atoms with E-state index in [1.165, 1.54) is 64.1 Å². The number of rotatable bonds is 12. The molecule has 402 valence electrons. The molecule has 9 aromatic rings. The van der Waals surface area contributed by atoms with Crippen LogP contribution in [0.3, 0.4) is 0 Å². The maximum atomic E-state index is 12.9. The number of methoxy groups -OCH3 is 3. The van der Waals surface area contributed by atoms with Gasteiger partial charge in [0.05, 0.1) is 38.0 Å². The lowest BCUT2D eigenvalue weighted by Crippen LogP contribution is -2.14. The molecule has 3 N–H and O–H groups in total. The minimum atomic E-state index is -4.55. The van der Waals surface area contributed by atoms with E-state index in [1.54, 1.807) is 60.8 Å². The fraction of sp³-hybridized carbons (Fsp3) is 0.118. The highest BCUT2D eigenvalue weighted by Crippen LogP contribution is 2.40. The SMILES string of the molecule is COc1c(Oc2cccc(C(F)(F)F)c2)nc(-c2ccccn2)[nH]c1=O.COc1nc(-c2ccccn2)nc(Oc2cccc(C(F)(F)F)c2)c1OC.O=c1[nH]c(-c2ccccn2)nc(Oc2cccc(C(F)(F)F)c2)c1O. The molecule has 0 saturated heterocycles. The van der Waals surface area contributed by atoms with Gasteiger partial charge in [0, 0.05) is 18.6 Å². The first kappa shape index (κ1) is 55.7. The molecule has 0 atom stereocenters. The number of nitrogens with zero attached hydrogens (tertiary/aromatic N) is 7. The van der Waals surface area contributed by atoms with Gasteiger partial charge in [0.1, 0.15) is 34.3 Å². The van der Waals surface area contributed by atoms with Crippen molar-refractivity contribution in [1.29, 1.82) is 0 Å². The number of alkyl halides is 9. The quantitative estimate of drug-likeness (QED) is 0.0966. The van der Waals surface area contributed by atoms with E-state index in [0.29, 0.717) is 17.1 Å². The van der Waals surface area contributed by atoms with Crippen LogP contribution in [0.1, 0.15) is 16.7 Å². The molecule has 6 heterocycles. The third-order valence-electron chi connectivity index (χ3n) is 9.95. The standard InChI is InChI=1S/C18H14F3N3O3.C17H12F3N3O3.C16H10F3N3O3/c1-25-14-16(26-2)23-15(13-8-3-4-9-22-13)24-17(14)27-12-7-5-6-11(10-12)18(19,20)21;1-25-13-15(24)22-14(12-7-2-3-8-21-12)23-16(13)26-11-6-4-5-10(9-11)17(18,19)20;17-16(18,19)9-4-3-5-10(8-9)25-15-12(23)14(24)21-13(22-15)11-6-1-2-7-20-11/h3-10H,1-2H3;2-9H,1H3,(H,22,23,24);1-8,23H,(H,21,22,24). The maximum Gasteiger partial charge on any atom is 0.416 e. The summed E-state index contributed by atoms with van der Waals surface area (Å²) in [6, 6.07) is 27.7. The Morgan fingerprint density at radius 1 is 0.423 bits per heavy atom. The number of aromatic amines is 2. The van der Waals surface area contributed by atoms with Gasteiger partial charge in [-0.25, -0.2) is 0 Å². The van der Waals surface area contributed by atoms with Crippen molar-refractivity contribution in [1.82, 2.24) is 44.9 Å². The molecule has 0 unspecified atom stereocenters. The molecule has 6 aromatic heterocycles. The van der Waals surface area contributed by atoms with Crippen LogP contribution in [-0.2, 0) is 18.5 Å². The van der Waals surface area contributed by atoms with E-state index in [2.05, 4.69) is 44.9 Å². The summed E-state index contributed by atoms with van der Waals surface area (Å²) in [4.78, 5) is 57.5. The number of H-pyrrole nitrogens is 2. The van der Waals surface area contributed by atoms with E-state index in [0.717, 1.165) is 42.5 Å². The summed E-state index contributed by atoms with van der Waals surface area (Å²) in [6.45, 7) is 0. The smallest absolute Gasteiger partial charge is 0.416 e. The largest absolute Gasteiger partial charge is 0.499 e. The second-order valence-corrected chi connectivity index (χ2v) is 15.2. The van der Waals surface area contributed by atoms with Crippen LogP contribution in [0.15, 0.2) is 156 Å². The summed E-state index contributed by atoms with van der Waals surface area (Å²) < 4.78 is 147. The Labute approximate surface area is 432 Å². The van der Waals surface area contributed by atoms with E-state index >= 15 is 0 Å². The lowest BCUT2D eigenvalue weighted by Gasteiger charge is -2.14. The summed E-state index contributed by atoms with van der Waals surface area (Å²) in [7, 11) is 3.95. The Hall–Kier alpha value is -10.1. The third kappa shape index (κ3) is 14.2. The van der Waals surface area contributed by atoms with Crippen LogP contribution in [0.5, 0.6) is 58.0 Å². The maximum absolute atomic E-state index is 12.9. The van der Waals surface area contributed by atoms with Gasteiger partial charge in [-0.15, -0.1) is 0 Å². The fourth-order valence-corrected chi connectivity index (χ4v) is 6.40. The van der Waals surface area contributed by atoms with E-state index < -0.39 is 58.0 Å². The predicted octanol–water partition coefficient (Wildman–Crippen LogP) is 11.4. The summed E-state index contributed by atoms with van der Waals surface area (Å²) >= 11 is 0. The first-order valence-electron chi connectivity index (χ1n) is 22.0. The lowest BCUT2D eigenvalue weighted by atomic mass is 10.2. The number of pyridine rings is 3. The molecular formula is C51H36F9N9O9. The molecule has 78 heavy (non-hydrogen) atoms. The monoisotopic (exact) mass is 1090 g/mol. The van der Waals surface area contributed by atoms with Crippen molar-refractivity contribution in [2.24, 2.45) is 0 Å². The van der Waals surface area contributed by atoms with E-state index in [4.69, 9.17) is 28.4 Å². The molecular weight excluding hydrogens is 1050 g/mol. The summed E-state index contributed by atoms with van der Waals surface area (Å²) in [5.74, 6) is -2.03. The van der Waals surface area contributed by atoms with E-state index in [1.807, 2.05) is 0 Å². The topological polar surface area (TPSA) is 232 Å². The molecule has 0 saturated carbocycles. The van der Waals surface area contributed by atoms with Crippen LogP contribution >= 0.6 is 0 Å². The second kappa shape index (κ2) is 24.1. The molecule has 0 amide bonds. The van der Waals surface area contributed by atoms with Crippen molar-refractivity contribution in [3.8, 4) is 92.6 Å². The Morgan fingerprint density at radius 2 is 0.808 bits per heavy atom. The van der Waals surface area contributed by atoms with Crippen LogP contribution in [-0.4, -0.2) is 71.3 Å². The van der Waals surface area contributed by atoms with E-state index in [-0.39, 0.29) is 63.9 Å². The molecule has 0 spiro atoms. The second-order valence-electron chi connectivity index (χ2n) is 15.2. The minimum absolute atomic E-state index is 0.00498. The van der Waals surface area contributed by atoms with Crippen molar-refractivity contribution in [2.45, 2.75) is 18.5 Å². The van der Waals surface area contributed by atoms with Crippen molar-refractivity contribution < 1.29 is 73.0 Å². The van der Waals surface area contributed by atoms with Crippen LogP contribution < -0.4 is 39.5 Å². The van der Waals surface area contributed by atoms with Gasteiger partial charge in [-0.2, -0.15) is 59.4 Å². The van der Waals surface area contributed by atoms with Crippen LogP contribution in [0, 0.1) is 0 Å². The first-order valence-corrected chi connectivity index (χ1v) is 22.0. The number of hydrogen-bond acceptors (Lipinski definition) is 16. The van der Waals surface area contributed by atoms with Crippen molar-refractivity contribution in [3.63, 3.8) is 0 Å². The zero-order valence-electron chi connectivity index (χ0n) is 40.1. The predicted molar refractivity (Wildman–Crippen MR) is 257 cm³/mol. The van der Waals surface area contributed by atoms with Gasteiger partial charge < -0.3 is 43.5 Å². The molecule has 9 rings (SSSR count). The van der Waals surface area contributed by atoms with Crippen molar-refractivity contribution in [3.05, 3.63) is 183 Å². The Balaban J connectivity index is 0.000000170. The number of halogens is 9. The highest BCUT2D eigenvalue weighted by molar-refractivity contribution is 5.56. The van der Waals surface area contributed by atoms with Gasteiger partial charge in [-0.3, -0.25) is 24.5 Å². The number of hydrogen-bond donors (Lipinski definition) is 3. The van der Waals surface area contributed by atoms with Gasteiger partial charge in [-0.1, -0.05) is 36.4 Å². The van der Waals surface area contributed by atoms with Gasteiger partial charge in [0.2, 0.25) is 17.2 Å². The molecule has 3 aromatic carbocycles. The Morgan fingerprint density at radius 3 is 1.21 bits per heavy atom. The first-order chi connectivity index (χ1) is 37.1. The zero-order valence-corrected chi connectivity index (χ0v) is 40.1. The highest BCUT2D eigenvalue weighted by atomic mass is 19.4. The number of ether oxygens (including phenoxy) is 6. The van der Waals surface area contributed by atoms with Crippen LogP contribution in [0.2, 0.25) is 0 Å². The molecule has 27 heteroatoms. The molecule has 0 radical (unpaired) electrons. The average molecular weight is 1090 g/mol. The van der Waals surface area contributed by atoms with E-state index in [9.17, 15) is 54.2 Å². The molecule has 0 aliphatic rings. The number of nitrogens with one attached hydrogen (secondary N) is 2. The number of aromatic hydroxyl groups is 1. The van der Waals surface area contributed by atoms with Crippen LogP contribution in [0.4, 0.5) is 39.5 Å². The molecule has 0 fully saturated rings. The molecule has 0 bridgehead atoms. The fourth-order valence-electron chi connectivity index (χ4n) is 6.40. The molecule has 18 nitrogen and oxygen atoms in total. The van der Waals surface area contributed by atoms with Gasteiger partial charge in [0.15, 0.2) is 17.5 Å². The summed E-state index contributed by atoms with van der Waals surface area (Å²) in [5, 5.41) is 9.79. The summed E-state index contributed by atoms with van der Waals surface area (Å²) in [5.41, 5.74) is -3.11.